The lowest BCUT2D eigenvalue weighted by Gasteiger charge is -2.37. The fourth-order valence-corrected chi connectivity index (χ4v) is 1.54. The topological polar surface area (TPSA) is 55.6 Å². The van der Waals surface area contributed by atoms with Crippen molar-refractivity contribution in [1.29, 1.82) is 0 Å². The molecule has 1 unspecified atom stereocenters. The lowest BCUT2D eigenvalue weighted by atomic mass is 10.1. The minimum atomic E-state index is 0.0152. The number of nitrogens with two attached hydrogens (primary N) is 1. The van der Waals surface area contributed by atoms with Crippen LogP contribution in [0.15, 0.2) is 30.3 Å². The average Bonchev–Trinajstić information content (AvgIpc) is 2.27. The van der Waals surface area contributed by atoms with Crippen LogP contribution >= 0.6 is 0 Å². The Labute approximate surface area is 88.6 Å². The summed E-state index contributed by atoms with van der Waals surface area (Å²) in [4.78, 5) is 16.6. The average molecular weight is 206 g/mol. The largest absolute Gasteiger partial charge is 0.328 e. The number of benzene rings is 1. The highest BCUT2D eigenvalue weighted by Gasteiger charge is 2.36. The lowest BCUT2D eigenvalue weighted by molar-refractivity contribution is -0.231. The molecule has 0 spiro atoms. The van der Waals surface area contributed by atoms with Gasteiger partial charge in [-0.05, 0) is 5.56 Å². The molecule has 4 heteroatoms. The van der Waals surface area contributed by atoms with E-state index in [4.69, 9.17) is 10.6 Å². The van der Waals surface area contributed by atoms with Crippen molar-refractivity contribution in [3.63, 3.8) is 0 Å². The Morgan fingerprint density at radius 3 is 2.73 bits per heavy atom. The third kappa shape index (κ3) is 2.16. The van der Waals surface area contributed by atoms with Crippen molar-refractivity contribution in [2.45, 2.75) is 19.1 Å². The van der Waals surface area contributed by atoms with Crippen LogP contribution in [0.5, 0.6) is 0 Å². The van der Waals surface area contributed by atoms with Gasteiger partial charge in [-0.2, -0.15) is 0 Å². The third-order valence-electron chi connectivity index (χ3n) is 2.47. The van der Waals surface area contributed by atoms with Crippen molar-refractivity contribution in [1.82, 2.24) is 5.06 Å². The van der Waals surface area contributed by atoms with Crippen molar-refractivity contribution in [2.75, 3.05) is 6.54 Å². The molecular formula is C11H14N2O2. The lowest BCUT2D eigenvalue weighted by Crippen LogP contribution is -2.55. The van der Waals surface area contributed by atoms with E-state index in [1.165, 1.54) is 5.06 Å². The van der Waals surface area contributed by atoms with Crippen LogP contribution in [0.25, 0.3) is 0 Å². The highest BCUT2D eigenvalue weighted by atomic mass is 16.7. The zero-order chi connectivity index (χ0) is 10.7. The van der Waals surface area contributed by atoms with Crippen molar-refractivity contribution >= 4 is 5.91 Å². The zero-order valence-corrected chi connectivity index (χ0v) is 8.43. The van der Waals surface area contributed by atoms with Gasteiger partial charge in [0.2, 0.25) is 5.91 Å². The predicted molar refractivity (Wildman–Crippen MR) is 55.5 cm³/mol. The zero-order valence-electron chi connectivity index (χ0n) is 8.43. The van der Waals surface area contributed by atoms with Crippen molar-refractivity contribution in [3.8, 4) is 0 Å². The standard InChI is InChI=1S/C11H14N2O2/c12-7-10-6-11(14)13(10)15-8-9-4-2-1-3-5-9/h1-5,10H,6-8,12H2. The molecule has 4 nitrogen and oxygen atoms in total. The molecule has 1 aliphatic heterocycles. The van der Waals surface area contributed by atoms with Crippen LogP contribution in [0.2, 0.25) is 0 Å². The van der Waals surface area contributed by atoms with E-state index in [1.54, 1.807) is 0 Å². The maximum Gasteiger partial charge on any atom is 0.248 e. The van der Waals surface area contributed by atoms with E-state index in [1.807, 2.05) is 30.3 Å². The quantitative estimate of drug-likeness (QED) is 0.737. The van der Waals surface area contributed by atoms with Gasteiger partial charge in [0.1, 0.15) is 6.61 Å². The van der Waals surface area contributed by atoms with Crippen LogP contribution in [-0.2, 0) is 16.2 Å². The summed E-state index contributed by atoms with van der Waals surface area (Å²) in [5, 5.41) is 1.38. The van der Waals surface area contributed by atoms with Crippen LogP contribution in [0.1, 0.15) is 12.0 Å². The molecule has 0 bridgehead atoms. The van der Waals surface area contributed by atoms with E-state index in [2.05, 4.69) is 0 Å². The van der Waals surface area contributed by atoms with Crippen LogP contribution in [0.4, 0.5) is 0 Å². The first-order valence-electron chi connectivity index (χ1n) is 5.00. The second-order valence-corrected chi connectivity index (χ2v) is 3.57. The Hall–Kier alpha value is -1.39. The van der Waals surface area contributed by atoms with Crippen molar-refractivity contribution in [3.05, 3.63) is 35.9 Å². The van der Waals surface area contributed by atoms with Gasteiger partial charge >= 0.3 is 0 Å². The number of nitrogens with zero attached hydrogens (tertiary/aromatic N) is 1. The number of hydrogen-bond donors (Lipinski definition) is 1. The minimum absolute atomic E-state index is 0.0152. The van der Waals surface area contributed by atoms with E-state index in [9.17, 15) is 4.79 Å². The molecule has 80 valence electrons. The molecule has 1 heterocycles. The molecule has 1 atom stereocenters. The second kappa shape index (κ2) is 4.42. The predicted octanol–water partition coefficient (Wildman–Crippen LogP) is 0.678. The van der Waals surface area contributed by atoms with Gasteiger partial charge in [0, 0.05) is 6.54 Å². The molecule has 0 aliphatic carbocycles. The summed E-state index contributed by atoms with van der Waals surface area (Å²) in [5.74, 6) is 0.0152. The number of hydroxylamine groups is 2. The molecule has 1 saturated heterocycles. The first kappa shape index (κ1) is 10.1. The van der Waals surface area contributed by atoms with Gasteiger partial charge in [0.25, 0.3) is 0 Å². The van der Waals surface area contributed by atoms with E-state index < -0.39 is 0 Å². The summed E-state index contributed by atoms with van der Waals surface area (Å²) in [6.07, 6.45) is 0.505. The highest BCUT2D eigenvalue weighted by molar-refractivity contribution is 5.81. The third-order valence-corrected chi connectivity index (χ3v) is 2.47. The molecule has 0 aromatic heterocycles. The normalized spacial score (nSPS) is 20.2. The fraction of sp³-hybridized carbons (Fsp3) is 0.364. The monoisotopic (exact) mass is 206 g/mol. The summed E-state index contributed by atoms with van der Waals surface area (Å²) in [5.41, 5.74) is 6.53. The maximum atomic E-state index is 11.2. The van der Waals surface area contributed by atoms with Gasteiger partial charge in [-0.15, -0.1) is 0 Å². The molecule has 2 N–H and O–H groups in total. The summed E-state index contributed by atoms with van der Waals surface area (Å²) < 4.78 is 0. The number of carbonyl (C=O) groups is 1. The molecule has 1 amide bonds. The fourth-order valence-electron chi connectivity index (χ4n) is 1.54. The Bertz CT molecular complexity index is 340. The highest BCUT2D eigenvalue weighted by Crippen LogP contribution is 2.19. The van der Waals surface area contributed by atoms with Gasteiger partial charge in [-0.3, -0.25) is 9.63 Å². The summed E-state index contributed by atoms with van der Waals surface area (Å²) in [7, 11) is 0. The van der Waals surface area contributed by atoms with Crippen molar-refractivity contribution in [2.24, 2.45) is 5.73 Å². The van der Waals surface area contributed by atoms with Gasteiger partial charge in [-0.1, -0.05) is 30.3 Å². The van der Waals surface area contributed by atoms with Crippen LogP contribution in [0.3, 0.4) is 0 Å². The van der Waals surface area contributed by atoms with E-state index >= 15 is 0 Å². The number of carbonyl (C=O) groups excluding carboxylic acids is 1. The van der Waals surface area contributed by atoms with Crippen LogP contribution in [0, 0.1) is 0 Å². The van der Waals surface area contributed by atoms with Gasteiger partial charge < -0.3 is 5.73 Å². The minimum Gasteiger partial charge on any atom is -0.328 e. The molecule has 1 aromatic rings. The molecular weight excluding hydrogens is 192 g/mol. The van der Waals surface area contributed by atoms with E-state index in [-0.39, 0.29) is 11.9 Å². The number of rotatable bonds is 4. The summed E-state index contributed by atoms with van der Waals surface area (Å²) >= 11 is 0. The second-order valence-electron chi connectivity index (χ2n) is 3.57. The molecule has 1 aliphatic rings. The summed E-state index contributed by atoms with van der Waals surface area (Å²) in [6.45, 7) is 0.879. The van der Waals surface area contributed by atoms with Crippen LogP contribution < -0.4 is 5.73 Å². The first-order chi connectivity index (χ1) is 7.31. The smallest absolute Gasteiger partial charge is 0.248 e. The SMILES string of the molecule is NCC1CC(=O)N1OCc1ccccc1. The Morgan fingerprint density at radius 1 is 1.40 bits per heavy atom. The van der Waals surface area contributed by atoms with E-state index in [0.717, 1.165) is 5.56 Å². The molecule has 1 aromatic carbocycles. The molecule has 1 fully saturated rings. The Kier molecular flexibility index (Phi) is 2.99. The number of β-lactam (4-membered cyclic amide) rings is 1. The van der Waals surface area contributed by atoms with Gasteiger partial charge in [0.15, 0.2) is 0 Å². The Balaban J connectivity index is 1.86. The molecule has 0 saturated carbocycles. The first-order valence-corrected chi connectivity index (χ1v) is 5.00. The molecule has 2 rings (SSSR count). The maximum absolute atomic E-state index is 11.2. The van der Waals surface area contributed by atoms with Gasteiger partial charge in [-0.25, -0.2) is 5.06 Å². The Morgan fingerprint density at radius 2 is 2.13 bits per heavy atom. The number of amides is 1. The van der Waals surface area contributed by atoms with Crippen LogP contribution in [-0.4, -0.2) is 23.6 Å². The molecule has 0 radical (unpaired) electrons. The molecule has 15 heavy (non-hydrogen) atoms. The van der Waals surface area contributed by atoms with Crippen molar-refractivity contribution < 1.29 is 9.63 Å². The summed E-state index contributed by atoms with van der Waals surface area (Å²) in [6, 6.07) is 9.81. The number of hydrogen-bond acceptors (Lipinski definition) is 3. The van der Waals surface area contributed by atoms with Gasteiger partial charge in [0.05, 0.1) is 12.5 Å². The van der Waals surface area contributed by atoms with E-state index in [0.29, 0.717) is 19.6 Å².